The number of aryl methyl sites for hydroxylation is 1. The Morgan fingerprint density at radius 3 is 2.81 bits per heavy atom. The Hall–Kier alpha value is -2.16. The van der Waals surface area contributed by atoms with Crippen LogP contribution in [-0.4, -0.2) is 21.9 Å². The Bertz CT molecular complexity index is 660. The molecule has 112 valence electrons. The van der Waals surface area contributed by atoms with Crippen LogP contribution in [0.4, 0.5) is 13.2 Å². The van der Waals surface area contributed by atoms with E-state index in [0.29, 0.717) is 0 Å². The van der Waals surface area contributed by atoms with Crippen LogP contribution in [0.3, 0.4) is 0 Å². The van der Waals surface area contributed by atoms with Crippen molar-refractivity contribution >= 4 is 23.5 Å². The van der Waals surface area contributed by atoms with E-state index in [1.54, 1.807) is 0 Å². The van der Waals surface area contributed by atoms with Crippen LogP contribution in [0, 0.1) is 6.92 Å². The van der Waals surface area contributed by atoms with Crippen LogP contribution in [0.2, 0.25) is 0 Å². The third kappa shape index (κ3) is 4.42. The second-order valence-corrected chi connectivity index (χ2v) is 5.46. The maximum Gasteiger partial charge on any atom is 0.435 e. The molecule has 0 atom stereocenters. The van der Waals surface area contributed by atoms with Gasteiger partial charge in [-0.05, 0) is 25.1 Å². The third-order valence-electron chi connectivity index (χ3n) is 2.38. The quantitative estimate of drug-likeness (QED) is 0.695. The molecule has 0 aliphatic heterocycles. The molecule has 2 rings (SSSR count). The topological polar surface area (TPSA) is 59.3 Å². The first-order chi connectivity index (χ1) is 9.84. The predicted molar refractivity (Wildman–Crippen MR) is 72.0 cm³/mol. The van der Waals surface area contributed by atoms with E-state index in [4.69, 9.17) is 0 Å². The molecule has 0 spiro atoms. The van der Waals surface area contributed by atoms with Crippen molar-refractivity contribution in [3.05, 3.63) is 39.8 Å². The number of aromatic nitrogens is 2. The second-order valence-electron chi connectivity index (χ2n) is 4.14. The number of halogens is 3. The van der Waals surface area contributed by atoms with Gasteiger partial charge in [-0.2, -0.15) is 23.4 Å². The van der Waals surface area contributed by atoms with Gasteiger partial charge in [0.2, 0.25) is 0 Å². The third-order valence-corrected chi connectivity index (χ3v) is 3.31. The smallest absolute Gasteiger partial charge is 0.271 e. The zero-order valence-corrected chi connectivity index (χ0v) is 11.7. The number of nitrogens with zero attached hydrogens (tertiary/aromatic N) is 3. The van der Waals surface area contributed by atoms with Crippen molar-refractivity contribution in [1.82, 2.24) is 15.2 Å². The van der Waals surface area contributed by atoms with Crippen LogP contribution in [-0.2, 0) is 17.5 Å². The first kappa shape index (κ1) is 15.2. The van der Waals surface area contributed by atoms with Crippen LogP contribution in [0.15, 0.2) is 29.5 Å². The average molecular weight is 316 g/mol. The van der Waals surface area contributed by atoms with Crippen molar-refractivity contribution in [2.45, 2.75) is 19.6 Å². The second kappa shape index (κ2) is 6.08. The van der Waals surface area contributed by atoms with Crippen molar-refractivity contribution in [1.29, 1.82) is 0 Å². The fraction of sp³-hybridized carbons (Fsp3) is 0.250. The van der Waals surface area contributed by atoms with Gasteiger partial charge >= 0.3 is 6.18 Å². The van der Waals surface area contributed by atoms with Crippen molar-refractivity contribution < 1.29 is 18.0 Å². The zero-order valence-electron chi connectivity index (χ0n) is 10.9. The molecule has 0 bridgehead atoms. The molecule has 0 aliphatic carbocycles. The molecular formula is C12H11F3N4OS. The first-order valence-corrected chi connectivity index (χ1v) is 6.65. The van der Waals surface area contributed by atoms with Crippen molar-refractivity contribution in [2.75, 3.05) is 0 Å². The lowest BCUT2D eigenvalue weighted by atomic mass is 10.4. The molecule has 0 saturated heterocycles. The monoisotopic (exact) mass is 316 g/mol. The summed E-state index contributed by atoms with van der Waals surface area (Å²) < 4.78 is 37.9. The summed E-state index contributed by atoms with van der Waals surface area (Å²) in [5.74, 6) is -0.559. The van der Waals surface area contributed by atoms with Crippen LogP contribution in [0.5, 0.6) is 0 Å². The van der Waals surface area contributed by atoms with Gasteiger partial charge < -0.3 is 0 Å². The molecular weight excluding hydrogens is 305 g/mol. The molecule has 0 aliphatic rings. The molecule has 1 amide bonds. The Labute approximate surface area is 122 Å². The minimum atomic E-state index is -4.52. The maximum atomic E-state index is 12.3. The zero-order chi connectivity index (χ0) is 15.5. The summed E-state index contributed by atoms with van der Waals surface area (Å²) >= 11 is 1.51. The van der Waals surface area contributed by atoms with Crippen molar-refractivity contribution in [2.24, 2.45) is 5.10 Å². The Balaban J connectivity index is 1.87. The largest absolute Gasteiger partial charge is 0.435 e. The molecule has 0 saturated carbocycles. The molecule has 0 aromatic carbocycles. The Kier molecular flexibility index (Phi) is 4.41. The van der Waals surface area contributed by atoms with Crippen LogP contribution in [0.1, 0.15) is 15.4 Å². The minimum Gasteiger partial charge on any atom is -0.271 e. The van der Waals surface area contributed by atoms with Gasteiger partial charge in [0.1, 0.15) is 6.54 Å². The van der Waals surface area contributed by atoms with E-state index in [1.165, 1.54) is 17.6 Å². The highest BCUT2D eigenvalue weighted by molar-refractivity contribution is 7.13. The molecule has 0 unspecified atom stereocenters. The number of thiophene rings is 1. The Morgan fingerprint density at radius 1 is 1.48 bits per heavy atom. The molecule has 2 heterocycles. The summed E-state index contributed by atoms with van der Waals surface area (Å²) in [5.41, 5.74) is 1.20. The molecule has 2 aromatic rings. The number of rotatable bonds is 4. The molecule has 21 heavy (non-hydrogen) atoms. The summed E-state index contributed by atoms with van der Waals surface area (Å²) in [6.45, 7) is 1.60. The number of carbonyl (C=O) groups excluding carboxylic acids is 1. The highest BCUT2D eigenvalue weighted by Crippen LogP contribution is 2.27. The van der Waals surface area contributed by atoms with Crippen molar-refractivity contribution in [3.8, 4) is 0 Å². The normalized spacial score (nSPS) is 12.0. The minimum absolute atomic E-state index is 0.336. The summed E-state index contributed by atoms with van der Waals surface area (Å²) in [4.78, 5) is 13.5. The Morgan fingerprint density at radius 2 is 2.24 bits per heavy atom. The number of hydrogen-bond donors (Lipinski definition) is 1. The molecule has 2 aromatic heterocycles. The summed E-state index contributed by atoms with van der Waals surface area (Å²) in [6.07, 6.45) is -1.95. The predicted octanol–water partition coefficient (Wildman–Crippen LogP) is 2.42. The van der Waals surface area contributed by atoms with Crippen LogP contribution >= 0.6 is 11.3 Å². The lowest BCUT2D eigenvalue weighted by Crippen LogP contribution is -2.23. The van der Waals surface area contributed by atoms with Gasteiger partial charge in [0.15, 0.2) is 5.69 Å². The van der Waals surface area contributed by atoms with E-state index >= 15 is 0 Å². The van der Waals surface area contributed by atoms with Gasteiger partial charge in [-0.25, -0.2) is 5.43 Å². The molecule has 1 N–H and O–H groups in total. The fourth-order valence-electron chi connectivity index (χ4n) is 1.47. The molecule has 0 fully saturated rings. The van der Waals surface area contributed by atoms with E-state index in [0.717, 1.165) is 26.7 Å². The molecule has 0 radical (unpaired) electrons. The fourth-order valence-corrected chi connectivity index (χ4v) is 2.22. The van der Waals surface area contributed by atoms with E-state index in [9.17, 15) is 18.0 Å². The number of hydrogen-bond acceptors (Lipinski definition) is 4. The number of amides is 1. The highest BCUT2D eigenvalue weighted by atomic mass is 32.1. The van der Waals surface area contributed by atoms with E-state index in [2.05, 4.69) is 15.6 Å². The summed E-state index contributed by atoms with van der Waals surface area (Å²) in [6, 6.07) is 4.57. The first-order valence-electron chi connectivity index (χ1n) is 5.83. The summed E-state index contributed by atoms with van der Waals surface area (Å²) in [7, 11) is 0. The number of alkyl halides is 3. The van der Waals surface area contributed by atoms with Crippen LogP contribution < -0.4 is 5.43 Å². The average Bonchev–Trinajstić information content (AvgIpc) is 2.98. The van der Waals surface area contributed by atoms with Gasteiger partial charge in [0.25, 0.3) is 5.91 Å². The van der Waals surface area contributed by atoms with Gasteiger partial charge in [0.05, 0.1) is 6.21 Å². The van der Waals surface area contributed by atoms with E-state index < -0.39 is 17.8 Å². The SMILES string of the molecule is Cc1ccc(/C=N/NC(=O)Cn2ccc(C(F)(F)F)n2)s1. The lowest BCUT2D eigenvalue weighted by molar-refractivity contribution is -0.141. The number of nitrogens with one attached hydrogen (secondary N) is 1. The lowest BCUT2D eigenvalue weighted by Gasteiger charge is -2.02. The number of hydrazone groups is 1. The maximum absolute atomic E-state index is 12.3. The highest BCUT2D eigenvalue weighted by Gasteiger charge is 2.33. The van der Waals surface area contributed by atoms with Gasteiger partial charge in [0, 0.05) is 16.0 Å². The van der Waals surface area contributed by atoms with E-state index in [-0.39, 0.29) is 6.54 Å². The summed E-state index contributed by atoms with van der Waals surface area (Å²) in [5, 5.41) is 7.00. The number of carbonyl (C=O) groups is 1. The molecule has 5 nitrogen and oxygen atoms in total. The van der Waals surface area contributed by atoms with Gasteiger partial charge in [-0.15, -0.1) is 11.3 Å². The van der Waals surface area contributed by atoms with Gasteiger partial charge in [-0.1, -0.05) is 0 Å². The van der Waals surface area contributed by atoms with Crippen molar-refractivity contribution in [3.63, 3.8) is 0 Å². The standard InChI is InChI=1S/C12H11F3N4OS/c1-8-2-3-9(21-8)6-16-17-11(20)7-19-5-4-10(18-19)12(13,14)15/h2-6H,7H2,1H3,(H,17,20)/b16-6+. The van der Waals surface area contributed by atoms with E-state index in [1.807, 2.05) is 19.1 Å². The van der Waals surface area contributed by atoms with Gasteiger partial charge in [-0.3, -0.25) is 9.48 Å². The molecule has 9 heteroatoms. The van der Waals surface area contributed by atoms with Crippen LogP contribution in [0.25, 0.3) is 0 Å².